The molecule has 0 saturated heterocycles. The van der Waals surface area contributed by atoms with E-state index < -0.39 is 10.0 Å². The second kappa shape index (κ2) is 6.36. The summed E-state index contributed by atoms with van der Waals surface area (Å²) in [5.74, 6) is 0.422. The van der Waals surface area contributed by atoms with Crippen LogP contribution in [0.5, 0.6) is 5.75 Å². The highest BCUT2D eigenvalue weighted by molar-refractivity contribution is 7.92. The maximum absolute atomic E-state index is 12.7. The number of halogens is 2. The molecule has 0 unspecified atom stereocenters. The predicted octanol–water partition coefficient (Wildman–Crippen LogP) is 4.14. The van der Waals surface area contributed by atoms with E-state index in [1.807, 2.05) is 0 Å². The van der Waals surface area contributed by atoms with Gasteiger partial charge in [-0.25, -0.2) is 8.42 Å². The van der Waals surface area contributed by atoms with Gasteiger partial charge >= 0.3 is 0 Å². The van der Waals surface area contributed by atoms with E-state index in [2.05, 4.69) is 0 Å². The van der Waals surface area contributed by atoms with Gasteiger partial charge in [-0.05, 0) is 48.9 Å². The first-order valence-electron chi connectivity index (χ1n) is 6.36. The molecule has 0 aliphatic rings. The van der Waals surface area contributed by atoms with Crippen LogP contribution in [0.3, 0.4) is 0 Å². The van der Waals surface area contributed by atoms with Crippen molar-refractivity contribution in [3.05, 3.63) is 52.0 Å². The van der Waals surface area contributed by atoms with Crippen molar-refractivity contribution >= 4 is 38.9 Å². The van der Waals surface area contributed by atoms with Crippen molar-refractivity contribution in [3.63, 3.8) is 0 Å². The second-order valence-corrected chi connectivity index (χ2v) is 7.51. The van der Waals surface area contributed by atoms with Crippen LogP contribution in [-0.4, -0.2) is 22.6 Å². The van der Waals surface area contributed by atoms with Crippen LogP contribution in [0.4, 0.5) is 5.69 Å². The van der Waals surface area contributed by atoms with Gasteiger partial charge in [0.15, 0.2) is 0 Å². The number of ether oxygens (including phenoxy) is 1. The van der Waals surface area contributed by atoms with Gasteiger partial charge in [-0.2, -0.15) is 0 Å². The van der Waals surface area contributed by atoms with Gasteiger partial charge in [-0.3, -0.25) is 4.31 Å². The van der Waals surface area contributed by atoms with Gasteiger partial charge in [-0.15, -0.1) is 0 Å². The summed E-state index contributed by atoms with van der Waals surface area (Å²) in [6, 6.07) is 9.39. The van der Waals surface area contributed by atoms with E-state index in [0.29, 0.717) is 16.5 Å². The largest absolute Gasteiger partial charge is 0.495 e. The van der Waals surface area contributed by atoms with Crippen molar-refractivity contribution in [2.45, 2.75) is 11.8 Å². The molecule has 2 rings (SSSR count). The molecule has 4 nitrogen and oxygen atoms in total. The summed E-state index contributed by atoms with van der Waals surface area (Å²) in [5, 5.41) is 0.796. The van der Waals surface area contributed by atoms with Crippen LogP contribution in [0.15, 0.2) is 41.3 Å². The van der Waals surface area contributed by atoms with Gasteiger partial charge in [0.25, 0.3) is 10.0 Å². The first-order chi connectivity index (χ1) is 10.3. The van der Waals surface area contributed by atoms with Crippen LogP contribution >= 0.6 is 23.2 Å². The summed E-state index contributed by atoms with van der Waals surface area (Å²) < 4.78 is 31.7. The van der Waals surface area contributed by atoms with Crippen molar-refractivity contribution in [3.8, 4) is 5.75 Å². The van der Waals surface area contributed by atoms with Crippen molar-refractivity contribution in [2.24, 2.45) is 0 Å². The van der Waals surface area contributed by atoms with E-state index in [1.54, 1.807) is 25.1 Å². The van der Waals surface area contributed by atoms with Crippen molar-refractivity contribution in [1.29, 1.82) is 0 Å². The summed E-state index contributed by atoms with van der Waals surface area (Å²) in [4.78, 5) is 0.0927. The number of sulfonamides is 1. The number of rotatable bonds is 4. The molecule has 22 heavy (non-hydrogen) atoms. The molecule has 0 fully saturated rings. The Labute approximate surface area is 140 Å². The number of anilines is 1. The van der Waals surface area contributed by atoms with Crippen LogP contribution in [-0.2, 0) is 10.0 Å². The Morgan fingerprint density at radius 3 is 2.32 bits per heavy atom. The Balaban J connectivity index is 2.47. The molecule has 0 saturated carbocycles. The molecule has 2 aromatic carbocycles. The molecule has 7 heteroatoms. The molecule has 118 valence electrons. The standard InChI is InChI=1S/C15H15Cl2NO3S/c1-10-8-11(16)4-6-14(10)18(2)22(19,20)12-5-7-15(21-3)13(17)9-12/h4-9H,1-3H3. The fraction of sp³-hybridized carbons (Fsp3) is 0.200. The zero-order valence-electron chi connectivity index (χ0n) is 12.3. The fourth-order valence-corrected chi connectivity index (χ4v) is 3.90. The Hall–Kier alpha value is -1.43. The van der Waals surface area contributed by atoms with E-state index in [-0.39, 0.29) is 9.92 Å². The first-order valence-corrected chi connectivity index (χ1v) is 8.55. The van der Waals surface area contributed by atoms with Gasteiger partial charge in [0.2, 0.25) is 0 Å². The maximum atomic E-state index is 12.7. The molecule has 0 N–H and O–H groups in total. The molecular formula is C15H15Cl2NO3S. The highest BCUT2D eigenvalue weighted by Crippen LogP contribution is 2.31. The molecule has 0 aromatic heterocycles. The molecular weight excluding hydrogens is 345 g/mol. The minimum atomic E-state index is -3.72. The molecule has 2 aromatic rings. The Morgan fingerprint density at radius 1 is 1.09 bits per heavy atom. The lowest BCUT2D eigenvalue weighted by Gasteiger charge is -2.22. The average Bonchev–Trinajstić information content (AvgIpc) is 2.46. The second-order valence-electron chi connectivity index (χ2n) is 4.70. The SMILES string of the molecule is COc1ccc(S(=O)(=O)N(C)c2ccc(Cl)cc2C)cc1Cl. The topological polar surface area (TPSA) is 46.6 Å². The maximum Gasteiger partial charge on any atom is 0.264 e. The molecule has 0 bridgehead atoms. The van der Waals surface area contributed by atoms with Crippen LogP contribution in [0, 0.1) is 6.92 Å². The number of benzene rings is 2. The number of hydrogen-bond donors (Lipinski definition) is 0. The van der Waals surface area contributed by atoms with Crippen LogP contribution in [0.25, 0.3) is 0 Å². The molecule has 0 spiro atoms. The average molecular weight is 360 g/mol. The van der Waals surface area contributed by atoms with E-state index >= 15 is 0 Å². The van der Waals surface area contributed by atoms with Crippen LogP contribution in [0.1, 0.15) is 5.56 Å². The Bertz CT molecular complexity index is 806. The Kier molecular flexibility index (Phi) is 4.90. The van der Waals surface area contributed by atoms with Crippen molar-refractivity contribution < 1.29 is 13.2 Å². The fourth-order valence-electron chi connectivity index (χ4n) is 2.07. The quantitative estimate of drug-likeness (QED) is 0.824. The summed E-state index contributed by atoms with van der Waals surface area (Å²) >= 11 is 11.9. The molecule has 0 amide bonds. The van der Waals surface area contributed by atoms with E-state index in [0.717, 1.165) is 5.56 Å². The molecule has 0 aliphatic carbocycles. The third kappa shape index (κ3) is 3.16. The van der Waals surface area contributed by atoms with Gasteiger partial charge in [0, 0.05) is 12.1 Å². The van der Waals surface area contributed by atoms with E-state index in [9.17, 15) is 8.42 Å². The number of aryl methyl sites for hydroxylation is 1. The van der Waals surface area contributed by atoms with E-state index in [4.69, 9.17) is 27.9 Å². The Morgan fingerprint density at radius 2 is 1.77 bits per heavy atom. The molecule has 0 atom stereocenters. The minimum Gasteiger partial charge on any atom is -0.495 e. The number of methoxy groups -OCH3 is 1. The normalized spacial score (nSPS) is 11.3. The van der Waals surface area contributed by atoms with Crippen LogP contribution < -0.4 is 9.04 Å². The minimum absolute atomic E-state index is 0.0927. The third-order valence-electron chi connectivity index (χ3n) is 3.28. The zero-order chi connectivity index (χ0) is 16.5. The lowest BCUT2D eigenvalue weighted by atomic mass is 10.2. The monoisotopic (exact) mass is 359 g/mol. The van der Waals surface area contributed by atoms with E-state index in [1.165, 1.54) is 36.7 Å². The first kappa shape index (κ1) is 16.9. The molecule has 0 aliphatic heterocycles. The number of hydrogen-bond acceptors (Lipinski definition) is 3. The van der Waals surface area contributed by atoms with Gasteiger partial charge < -0.3 is 4.74 Å². The van der Waals surface area contributed by atoms with Gasteiger partial charge in [-0.1, -0.05) is 23.2 Å². The van der Waals surface area contributed by atoms with Gasteiger partial charge in [0.1, 0.15) is 5.75 Å². The third-order valence-corrected chi connectivity index (χ3v) is 5.58. The summed E-state index contributed by atoms with van der Waals surface area (Å²) in [7, 11) is -0.764. The highest BCUT2D eigenvalue weighted by Gasteiger charge is 2.23. The lowest BCUT2D eigenvalue weighted by molar-refractivity contribution is 0.414. The zero-order valence-corrected chi connectivity index (χ0v) is 14.6. The summed E-state index contributed by atoms with van der Waals surface area (Å²) in [6.45, 7) is 1.80. The van der Waals surface area contributed by atoms with Crippen LogP contribution in [0.2, 0.25) is 10.0 Å². The highest BCUT2D eigenvalue weighted by atomic mass is 35.5. The van der Waals surface area contributed by atoms with Gasteiger partial charge in [0.05, 0.1) is 22.7 Å². The molecule has 0 radical (unpaired) electrons. The summed E-state index contributed by atoms with van der Waals surface area (Å²) in [5.41, 5.74) is 1.31. The lowest BCUT2D eigenvalue weighted by Crippen LogP contribution is -2.27. The smallest absolute Gasteiger partial charge is 0.264 e. The van der Waals surface area contributed by atoms with Crippen molar-refractivity contribution in [1.82, 2.24) is 0 Å². The predicted molar refractivity (Wildman–Crippen MR) is 89.8 cm³/mol. The number of nitrogens with zero attached hydrogens (tertiary/aromatic N) is 1. The van der Waals surface area contributed by atoms with Crippen molar-refractivity contribution in [2.75, 3.05) is 18.5 Å². The molecule has 0 heterocycles. The summed E-state index contributed by atoms with van der Waals surface area (Å²) in [6.07, 6.45) is 0.